The Morgan fingerprint density at radius 3 is 2.71 bits per heavy atom. The Morgan fingerprint density at radius 2 is 2.00 bits per heavy atom. The Hall–Kier alpha value is -1.90. The lowest BCUT2D eigenvalue weighted by atomic mass is 10.1. The molecule has 0 atom stereocenters. The number of nitrogens with one attached hydrogen (secondary N) is 1. The van der Waals surface area contributed by atoms with Crippen molar-refractivity contribution in [3.8, 4) is 0 Å². The van der Waals surface area contributed by atoms with Gasteiger partial charge in [-0.1, -0.05) is 30.3 Å². The summed E-state index contributed by atoms with van der Waals surface area (Å²) in [4.78, 5) is 0. The summed E-state index contributed by atoms with van der Waals surface area (Å²) in [7, 11) is 0. The maximum atomic E-state index is 6.85. The minimum Gasteiger partial charge on any atom is -0.472 e. The first-order valence-corrected chi connectivity index (χ1v) is 4.37. The molecule has 1 aromatic carbocycles. The van der Waals surface area contributed by atoms with E-state index in [1.54, 1.807) is 6.08 Å². The summed E-state index contributed by atoms with van der Waals surface area (Å²) in [5, 5.41) is 3.27. The van der Waals surface area contributed by atoms with Crippen LogP contribution in [-0.4, -0.2) is 6.61 Å². The van der Waals surface area contributed by atoms with Gasteiger partial charge in [-0.15, -0.1) is 5.11 Å². The van der Waals surface area contributed by atoms with Gasteiger partial charge in [-0.25, -0.2) is 5.53 Å². The fraction of sp³-hybridized carbons (Fsp3) is 0.0909. The van der Waals surface area contributed by atoms with Crippen LogP contribution < -0.4 is 0 Å². The quantitative estimate of drug-likeness (QED) is 0.709. The molecule has 1 heterocycles. The van der Waals surface area contributed by atoms with Crippen LogP contribution in [0.15, 0.2) is 53.5 Å². The van der Waals surface area contributed by atoms with Crippen LogP contribution >= 0.6 is 0 Å². The molecule has 0 saturated heterocycles. The maximum absolute atomic E-state index is 6.85. The molecule has 0 aliphatic carbocycles. The molecular formula is C11H10N2O. The van der Waals surface area contributed by atoms with Crippen molar-refractivity contribution in [1.29, 1.82) is 5.53 Å². The molecule has 0 unspecified atom stereocenters. The molecule has 0 amide bonds. The monoisotopic (exact) mass is 186 g/mol. The van der Waals surface area contributed by atoms with Gasteiger partial charge in [0.25, 0.3) is 0 Å². The molecule has 1 aliphatic rings. The first-order chi connectivity index (χ1) is 6.90. The lowest BCUT2D eigenvalue weighted by Gasteiger charge is -2.11. The highest BCUT2D eigenvalue weighted by Gasteiger charge is 2.06. The number of hydrogen-bond acceptors (Lipinski definition) is 3. The van der Waals surface area contributed by atoms with Gasteiger partial charge < -0.3 is 4.74 Å². The van der Waals surface area contributed by atoms with Crippen molar-refractivity contribution in [3.05, 3.63) is 53.9 Å². The summed E-state index contributed by atoms with van der Waals surface area (Å²) in [6.07, 6.45) is 3.75. The Balaban J connectivity index is 2.32. The van der Waals surface area contributed by atoms with E-state index in [9.17, 15) is 0 Å². The predicted octanol–water partition coefficient (Wildman–Crippen LogP) is 2.97. The van der Waals surface area contributed by atoms with Crippen molar-refractivity contribution in [1.82, 2.24) is 0 Å². The smallest absolute Gasteiger partial charge is 0.233 e. The second-order valence-electron chi connectivity index (χ2n) is 2.93. The van der Waals surface area contributed by atoms with E-state index in [0.29, 0.717) is 12.5 Å². The zero-order valence-electron chi connectivity index (χ0n) is 7.60. The van der Waals surface area contributed by atoms with Crippen LogP contribution in [0.2, 0.25) is 0 Å². The van der Waals surface area contributed by atoms with Crippen molar-refractivity contribution in [2.24, 2.45) is 5.11 Å². The van der Waals surface area contributed by atoms with Crippen LogP contribution in [0.25, 0.3) is 5.57 Å². The molecule has 0 spiro atoms. The molecule has 0 bridgehead atoms. The third-order valence-corrected chi connectivity index (χ3v) is 2.03. The lowest BCUT2D eigenvalue weighted by molar-refractivity contribution is 0.237. The van der Waals surface area contributed by atoms with Crippen molar-refractivity contribution in [2.75, 3.05) is 6.61 Å². The highest BCUT2D eigenvalue weighted by atomic mass is 16.5. The Morgan fingerprint density at radius 1 is 1.21 bits per heavy atom. The van der Waals surface area contributed by atoms with Crippen LogP contribution in [0.3, 0.4) is 0 Å². The predicted molar refractivity (Wildman–Crippen MR) is 53.6 cm³/mol. The van der Waals surface area contributed by atoms with Crippen LogP contribution in [0.4, 0.5) is 0 Å². The van der Waals surface area contributed by atoms with Crippen molar-refractivity contribution < 1.29 is 4.74 Å². The maximum Gasteiger partial charge on any atom is 0.233 e. The van der Waals surface area contributed by atoms with Gasteiger partial charge >= 0.3 is 0 Å². The van der Waals surface area contributed by atoms with Crippen molar-refractivity contribution >= 4 is 5.57 Å². The average Bonchev–Trinajstić information content (AvgIpc) is 2.30. The Kier molecular flexibility index (Phi) is 2.40. The molecule has 14 heavy (non-hydrogen) atoms. The summed E-state index contributed by atoms with van der Waals surface area (Å²) in [6, 6.07) is 9.99. The van der Waals surface area contributed by atoms with Gasteiger partial charge in [0.15, 0.2) is 0 Å². The molecule has 3 nitrogen and oxygen atoms in total. The third-order valence-electron chi connectivity index (χ3n) is 2.03. The molecule has 0 fully saturated rings. The van der Waals surface area contributed by atoms with E-state index in [-0.39, 0.29) is 0 Å². The normalized spacial score (nSPS) is 15.1. The Labute approximate surface area is 82.2 Å². The van der Waals surface area contributed by atoms with Gasteiger partial charge in [0.2, 0.25) is 5.88 Å². The summed E-state index contributed by atoms with van der Waals surface area (Å²) in [5.41, 5.74) is 9.03. The van der Waals surface area contributed by atoms with Gasteiger partial charge in [-0.2, -0.15) is 0 Å². The van der Waals surface area contributed by atoms with E-state index in [1.807, 2.05) is 36.4 Å². The van der Waals surface area contributed by atoms with E-state index < -0.39 is 0 Å². The summed E-state index contributed by atoms with van der Waals surface area (Å²) in [6.45, 7) is 0.485. The van der Waals surface area contributed by atoms with Crippen LogP contribution in [0, 0.1) is 5.53 Å². The minimum atomic E-state index is 0.367. The number of nitrogens with zero attached hydrogens (tertiary/aromatic N) is 1. The molecule has 0 radical (unpaired) electrons. The standard InChI is InChI=1S/C11H10N2O/c12-13-11-8-10(6-7-14-11)9-4-2-1-3-5-9/h1-6,8,12H,7H2. The Bertz CT molecular complexity index is 393. The van der Waals surface area contributed by atoms with Crippen molar-refractivity contribution in [3.63, 3.8) is 0 Å². The lowest BCUT2D eigenvalue weighted by Crippen LogP contribution is -1.97. The number of rotatable bonds is 2. The molecule has 2 rings (SSSR count). The molecule has 1 aliphatic heterocycles. The SMILES string of the molecule is N=NC1=CC(c2ccccc2)=CCO1. The van der Waals surface area contributed by atoms with E-state index in [4.69, 9.17) is 10.3 Å². The molecule has 70 valence electrons. The summed E-state index contributed by atoms with van der Waals surface area (Å²) in [5.74, 6) is 0.367. The fourth-order valence-corrected chi connectivity index (χ4v) is 1.35. The topological polar surface area (TPSA) is 45.4 Å². The number of benzene rings is 1. The highest BCUT2D eigenvalue weighted by molar-refractivity contribution is 5.74. The van der Waals surface area contributed by atoms with Gasteiger partial charge in [0.05, 0.1) is 0 Å². The van der Waals surface area contributed by atoms with Gasteiger partial charge in [0.1, 0.15) is 6.61 Å². The molecule has 1 aromatic rings. The van der Waals surface area contributed by atoms with Crippen LogP contribution in [-0.2, 0) is 4.74 Å². The zero-order valence-corrected chi connectivity index (χ0v) is 7.60. The number of ether oxygens (including phenoxy) is 1. The van der Waals surface area contributed by atoms with Gasteiger partial charge in [-0.3, -0.25) is 0 Å². The van der Waals surface area contributed by atoms with E-state index in [0.717, 1.165) is 11.1 Å². The molecule has 0 aromatic heterocycles. The molecule has 3 heteroatoms. The van der Waals surface area contributed by atoms with E-state index in [2.05, 4.69) is 5.11 Å². The number of hydrogen-bond donors (Lipinski definition) is 1. The summed E-state index contributed by atoms with van der Waals surface area (Å²) < 4.78 is 5.11. The third kappa shape index (κ3) is 1.71. The van der Waals surface area contributed by atoms with Gasteiger partial charge in [0, 0.05) is 6.08 Å². The summed E-state index contributed by atoms with van der Waals surface area (Å²) >= 11 is 0. The first kappa shape index (κ1) is 8.69. The second-order valence-corrected chi connectivity index (χ2v) is 2.93. The van der Waals surface area contributed by atoms with E-state index in [1.165, 1.54) is 0 Å². The minimum absolute atomic E-state index is 0.367. The van der Waals surface area contributed by atoms with Gasteiger partial charge in [-0.05, 0) is 17.2 Å². The first-order valence-electron chi connectivity index (χ1n) is 4.37. The largest absolute Gasteiger partial charge is 0.472 e. The van der Waals surface area contributed by atoms with Crippen molar-refractivity contribution in [2.45, 2.75) is 0 Å². The zero-order chi connectivity index (χ0) is 9.80. The average molecular weight is 186 g/mol. The molecule has 0 saturated carbocycles. The molecule has 1 N–H and O–H groups in total. The van der Waals surface area contributed by atoms with Crippen LogP contribution in [0.1, 0.15) is 5.56 Å². The second kappa shape index (κ2) is 3.87. The fourth-order valence-electron chi connectivity index (χ4n) is 1.35. The molecular weight excluding hydrogens is 176 g/mol. The highest BCUT2D eigenvalue weighted by Crippen LogP contribution is 2.21. The van der Waals surface area contributed by atoms with E-state index >= 15 is 0 Å². The van der Waals surface area contributed by atoms with Crippen LogP contribution in [0.5, 0.6) is 0 Å². The number of allylic oxidation sites excluding steroid dienone is 2.